The van der Waals surface area contributed by atoms with E-state index in [4.69, 9.17) is 4.42 Å². The number of hydrogen-bond acceptors (Lipinski definition) is 3. The maximum Gasteiger partial charge on any atom is 0.143 e. The monoisotopic (exact) mass is 438 g/mol. The van der Waals surface area contributed by atoms with Crippen LogP contribution in [-0.2, 0) is 0 Å². The van der Waals surface area contributed by atoms with Crippen molar-refractivity contribution >= 4 is 49.4 Å². The van der Waals surface area contributed by atoms with Crippen LogP contribution in [0.2, 0.25) is 0 Å². The molecule has 0 amide bonds. The zero-order chi connectivity index (χ0) is 22.6. The van der Waals surface area contributed by atoms with Crippen molar-refractivity contribution in [1.82, 2.24) is 4.57 Å². The second kappa shape index (κ2) is 7.15. The van der Waals surface area contributed by atoms with E-state index in [1.54, 1.807) is 6.07 Å². The van der Waals surface area contributed by atoms with Gasteiger partial charge < -0.3 is 8.98 Å². The van der Waals surface area contributed by atoms with Gasteiger partial charge in [0.1, 0.15) is 16.9 Å². The Morgan fingerprint density at radius 2 is 1.24 bits per heavy atom. The molecule has 0 aliphatic heterocycles. The van der Waals surface area contributed by atoms with Gasteiger partial charge in [-0.05, 0) is 41.6 Å². The maximum absolute atomic E-state index is 11.8. The Labute approximate surface area is 194 Å². The minimum absolute atomic E-state index is 0.387. The van der Waals surface area contributed by atoms with Gasteiger partial charge in [0.2, 0.25) is 0 Å². The molecule has 0 unspecified atom stereocenters. The third-order valence-electron chi connectivity index (χ3n) is 6.61. The predicted molar refractivity (Wildman–Crippen MR) is 139 cm³/mol. The third kappa shape index (κ3) is 2.60. The normalized spacial score (nSPS) is 11.6. The highest BCUT2D eigenvalue weighted by molar-refractivity contribution is 6.11. The van der Waals surface area contributed by atoms with Crippen LogP contribution < -0.4 is 0 Å². The van der Waals surface area contributed by atoms with Crippen molar-refractivity contribution in [3.05, 3.63) is 114 Å². The fraction of sp³-hybridized carbons (Fsp3) is 0. The van der Waals surface area contributed by atoms with Gasteiger partial charge in [-0.1, -0.05) is 72.8 Å². The van der Waals surface area contributed by atoms with E-state index in [1.807, 2.05) is 42.5 Å². The lowest BCUT2D eigenvalue weighted by atomic mass is 10.00. The van der Waals surface area contributed by atoms with Crippen molar-refractivity contribution in [2.45, 2.75) is 0 Å². The number of hydrogen-bond donors (Lipinski definition) is 0. The van der Waals surface area contributed by atoms with Crippen molar-refractivity contribution in [3.63, 3.8) is 0 Å². The SMILES string of the molecule is O=Nc1ccc(-n2c3ccccc3c3ccccc32)cc1-c1cccc2c1oc1ccccc12. The molecule has 0 aliphatic carbocycles. The summed E-state index contributed by atoms with van der Waals surface area (Å²) in [7, 11) is 0. The molecule has 0 saturated heterocycles. The summed E-state index contributed by atoms with van der Waals surface area (Å²) in [5.41, 5.74) is 6.76. The Morgan fingerprint density at radius 3 is 1.97 bits per heavy atom. The molecule has 160 valence electrons. The predicted octanol–water partition coefficient (Wildman–Crippen LogP) is 8.75. The molecule has 0 saturated carbocycles. The average molecular weight is 438 g/mol. The Balaban J connectivity index is 1.55. The van der Waals surface area contributed by atoms with E-state index >= 15 is 0 Å². The molecule has 0 aliphatic rings. The fourth-order valence-corrected chi connectivity index (χ4v) is 5.12. The average Bonchev–Trinajstić information content (AvgIpc) is 3.44. The standard InChI is InChI=1S/C30H18N2O2/c33-31-26-17-16-19(32-27-13-4-1-8-20(27)21-9-2-5-14-28(21)32)18-25(26)24-12-7-11-23-22-10-3-6-15-29(22)34-30(23)24/h1-18H. The quantitative estimate of drug-likeness (QED) is 0.259. The first kappa shape index (κ1) is 18.8. The van der Waals surface area contributed by atoms with E-state index in [0.29, 0.717) is 5.69 Å². The number of fused-ring (bicyclic) bond motifs is 6. The summed E-state index contributed by atoms with van der Waals surface area (Å²) < 4.78 is 8.50. The third-order valence-corrected chi connectivity index (χ3v) is 6.61. The van der Waals surface area contributed by atoms with E-state index in [-0.39, 0.29) is 0 Å². The molecule has 34 heavy (non-hydrogen) atoms. The fourth-order valence-electron chi connectivity index (χ4n) is 5.12. The number of aromatic nitrogens is 1. The van der Waals surface area contributed by atoms with E-state index in [9.17, 15) is 4.91 Å². The van der Waals surface area contributed by atoms with Crippen LogP contribution in [0.3, 0.4) is 0 Å². The molecule has 0 fully saturated rings. The first-order chi connectivity index (χ1) is 16.8. The Kier molecular flexibility index (Phi) is 3.96. The lowest BCUT2D eigenvalue weighted by molar-refractivity contribution is 0.670. The van der Waals surface area contributed by atoms with Crippen molar-refractivity contribution in [2.75, 3.05) is 0 Å². The summed E-state index contributed by atoms with van der Waals surface area (Å²) in [5, 5.41) is 7.81. The van der Waals surface area contributed by atoms with Crippen LogP contribution in [-0.4, -0.2) is 4.57 Å². The molecule has 0 N–H and O–H groups in total. The zero-order valence-corrected chi connectivity index (χ0v) is 18.1. The van der Waals surface area contributed by atoms with Crippen LogP contribution >= 0.6 is 0 Å². The Hall–Kier alpha value is -4.70. The highest BCUT2D eigenvalue weighted by atomic mass is 16.3. The van der Waals surface area contributed by atoms with Crippen LogP contribution in [0.5, 0.6) is 0 Å². The van der Waals surface area contributed by atoms with E-state index in [2.05, 4.69) is 70.4 Å². The number of nitroso groups, excluding NO2 is 1. The van der Waals surface area contributed by atoms with Gasteiger partial charge in [0.05, 0.1) is 11.0 Å². The van der Waals surface area contributed by atoms with Crippen molar-refractivity contribution < 1.29 is 4.42 Å². The van der Waals surface area contributed by atoms with E-state index in [1.165, 1.54) is 10.8 Å². The topological polar surface area (TPSA) is 47.5 Å². The molecule has 2 heterocycles. The molecule has 2 aromatic heterocycles. The number of benzene rings is 5. The van der Waals surface area contributed by atoms with Gasteiger partial charge in [-0.2, -0.15) is 0 Å². The zero-order valence-electron chi connectivity index (χ0n) is 18.1. The minimum atomic E-state index is 0.387. The summed E-state index contributed by atoms with van der Waals surface area (Å²) >= 11 is 0. The van der Waals surface area contributed by atoms with Gasteiger partial charge in [0.15, 0.2) is 0 Å². The maximum atomic E-state index is 11.8. The number of rotatable bonds is 3. The molecule has 7 aromatic rings. The minimum Gasteiger partial charge on any atom is -0.455 e. The van der Waals surface area contributed by atoms with E-state index in [0.717, 1.165) is 49.8 Å². The lowest BCUT2D eigenvalue weighted by Gasteiger charge is -2.12. The molecule has 4 nitrogen and oxygen atoms in total. The Morgan fingerprint density at radius 1 is 0.588 bits per heavy atom. The van der Waals surface area contributed by atoms with Crippen LogP contribution in [0.4, 0.5) is 5.69 Å². The van der Waals surface area contributed by atoms with Crippen LogP contribution in [0, 0.1) is 4.91 Å². The molecule has 0 radical (unpaired) electrons. The van der Waals surface area contributed by atoms with E-state index < -0.39 is 0 Å². The van der Waals surface area contributed by atoms with Crippen LogP contribution in [0.25, 0.3) is 60.6 Å². The molecule has 5 aromatic carbocycles. The van der Waals surface area contributed by atoms with Gasteiger partial charge in [-0.3, -0.25) is 0 Å². The largest absolute Gasteiger partial charge is 0.455 e. The summed E-state index contributed by atoms with van der Waals surface area (Å²) in [6.07, 6.45) is 0. The van der Waals surface area contributed by atoms with Crippen LogP contribution in [0.1, 0.15) is 0 Å². The molecule has 0 bridgehead atoms. The molecular weight excluding hydrogens is 420 g/mol. The molecule has 4 heteroatoms. The second-order valence-corrected chi connectivity index (χ2v) is 8.44. The van der Waals surface area contributed by atoms with Crippen molar-refractivity contribution in [3.8, 4) is 16.8 Å². The van der Waals surface area contributed by atoms with Gasteiger partial charge in [0, 0.05) is 38.4 Å². The summed E-state index contributed by atoms with van der Waals surface area (Å²) in [6, 6.07) is 36.6. The van der Waals surface area contributed by atoms with Gasteiger partial charge in [-0.15, -0.1) is 4.91 Å². The van der Waals surface area contributed by atoms with Gasteiger partial charge in [0.25, 0.3) is 0 Å². The Bertz CT molecular complexity index is 1840. The summed E-state index contributed by atoms with van der Waals surface area (Å²) in [4.78, 5) is 11.8. The smallest absolute Gasteiger partial charge is 0.143 e. The molecule has 0 atom stereocenters. The summed E-state index contributed by atoms with van der Waals surface area (Å²) in [5.74, 6) is 0. The lowest BCUT2D eigenvalue weighted by Crippen LogP contribution is -1.94. The van der Waals surface area contributed by atoms with Gasteiger partial charge >= 0.3 is 0 Å². The number of nitrogens with zero attached hydrogens (tertiary/aromatic N) is 2. The molecular formula is C30H18N2O2. The first-order valence-electron chi connectivity index (χ1n) is 11.2. The molecule has 7 rings (SSSR count). The van der Waals surface area contributed by atoms with Crippen LogP contribution in [0.15, 0.2) is 119 Å². The molecule has 0 spiro atoms. The first-order valence-corrected chi connectivity index (χ1v) is 11.2. The van der Waals surface area contributed by atoms with Crippen molar-refractivity contribution in [2.24, 2.45) is 5.18 Å². The second-order valence-electron chi connectivity index (χ2n) is 8.44. The highest BCUT2D eigenvalue weighted by Crippen LogP contribution is 2.41. The number of furan rings is 1. The van der Waals surface area contributed by atoms with Gasteiger partial charge in [-0.25, -0.2) is 0 Å². The number of para-hydroxylation sites is 4. The highest BCUT2D eigenvalue weighted by Gasteiger charge is 2.17. The summed E-state index contributed by atoms with van der Waals surface area (Å²) in [6.45, 7) is 0. The van der Waals surface area contributed by atoms with Crippen molar-refractivity contribution in [1.29, 1.82) is 0 Å².